The Morgan fingerprint density at radius 3 is 2.76 bits per heavy atom. The van der Waals surface area contributed by atoms with Gasteiger partial charge in [0, 0.05) is 11.6 Å². The molecule has 2 heterocycles. The lowest BCUT2D eigenvalue weighted by Crippen LogP contribution is -2.17. The molecule has 0 saturated carbocycles. The second-order valence-electron chi connectivity index (χ2n) is 5.83. The summed E-state index contributed by atoms with van der Waals surface area (Å²) in [6.45, 7) is 5.69. The van der Waals surface area contributed by atoms with Crippen molar-refractivity contribution in [3.63, 3.8) is 0 Å². The highest BCUT2D eigenvalue weighted by atomic mass is 16.5. The first-order chi connectivity index (χ1) is 12.0. The number of carbonyl (C=O) groups is 1. The third-order valence-electron chi connectivity index (χ3n) is 4.08. The summed E-state index contributed by atoms with van der Waals surface area (Å²) in [5.41, 5.74) is 4.25. The fourth-order valence-corrected chi connectivity index (χ4v) is 2.78. The van der Waals surface area contributed by atoms with Gasteiger partial charge in [-0.1, -0.05) is 19.1 Å². The Bertz CT molecular complexity index is 954. The molecule has 0 radical (unpaired) electrons. The minimum atomic E-state index is -0.201. The monoisotopic (exact) mass is 336 g/mol. The lowest BCUT2D eigenvalue weighted by molar-refractivity contribution is 0.102. The predicted octanol–water partition coefficient (Wildman–Crippen LogP) is 3.46. The molecule has 6 nitrogen and oxygen atoms in total. The third-order valence-corrected chi connectivity index (χ3v) is 4.08. The summed E-state index contributed by atoms with van der Waals surface area (Å²) < 4.78 is 5.37. The Balaban J connectivity index is 2.08. The van der Waals surface area contributed by atoms with Gasteiger partial charge in [0.2, 0.25) is 0 Å². The maximum Gasteiger partial charge on any atom is 0.257 e. The zero-order valence-electron chi connectivity index (χ0n) is 14.8. The molecule has 128 valence electrons. The Hall–Kier alpha value is -3.02. The number of ether oxygens (including phenoxy) is 1. The van der Waals surface area contributed by atoms with Crippen LogP contribution in [0.25, 0.3) is 10.9 Å². The van der Waals surface area contributed by atoms with E-state index in [1.807, 2.05) is 39.0 Å². The summed E-state index contributed by atoms with van der Waals surface area (Å²) >= 11 is 0. The van der Waals surface area contributed by atoms with Crippen LogP contribution in [-0.4, -0.2) is 28.2 Å². The van der Waals surface area contributed by atoms with E-state index in [4.69, 9.17) is 4.74 Å². The van der Waals surface area contributed by atoms with Gasteiger partial charge in [-0.25, -0.2) is 0 Å². The van der Waals surface area contributed by atoms with Crippen LogP contribution in [0.3, 0.4) is 0 Å². The summed E-state index contributed by atoms with van der Waals surface area (Å²) in [5, 5.41) is 12.0. The first-order valence-corrected chi connectivity index (χ1v) is 8.12. The number of nitrogens with one attached hydrogen (secondary N) is 1. The van der Waals surface area contributed by atoms with E-state index in [0.717, 1.165) is 16.6 Å². The number of rotatable bonds is 4. The molecule has 1 aromatic carbocycles. The minimum absolute atomic E-state index is 0.201. The molecule has 0 atom stereocenters. The highest BCUT2D eigenvalue weighted by Crippen LogP contribution is 2.31. The van der Waals surface area contributed by atoms with Gasteiger partial charge in [-0.15, -0.1) is 0 Å². The number of benzene rings is 1. The van der Waals surface area contributed by atoms with Crippen LogP contribution in [0.15, 0.2) is 30.5 Å². The highest BCUT2D eigenvalue weighted by molar-refractivity contribution is 6.10. The molecule has 1 N–H and O–H groups in total. The number of hydrogen-bond acceptors (Lipinski definition) is 5. The fraction of sp³-hybridized carbons (Fsp3) is 0.263. The first kappa shape index (κ1) is 16.8. The normalized spacial score (nSPS) is 10.7. The van der Waals surface area contributed by atoms with E-state index >= 15 is 0 Å². The van der Waals surface area contributed by atoms with Crippen molar-refractivity contribution in [2.75, 3.05) is 12.4 Å². The average Bonchev–Trinajstić information content (AvgIpc) is 2.63. The first-order valence-electron chi connectivity index (χ1n) is 8.12. The van der Waals surface area contributed by atoms with Crippen LogP contribution in [0.2, 0.25) is 0 Å². The Labute approximate surface area is 146 Å². The largest absolute Gasteiger partial charge is 0.494 e. The van der Waals surface area contributed by atoms with Gasteiger partial charge < -0.3 is 10.1 Å². The molecular weight excluding hydrogens is 316 g/mol. The van der Waals surface area contributed by atoms with Gasteiger partial charge in [0.25, 0.3) is 5.91 Å². The van der Waals surface area contributed by atoms with Crippen molar-refractivity contribution in [3.8, 4) is 5.75 Å². The van der Waals surface area contributed by atoms with E-state index in [0.29, 0.717) is 34.6 Å². The van der Waals surface area contributed by atoms with Crippen molar-refractivity contribution < 1.29 is 9.53 Å². The van der Waals surface area contributed by atoms with Crippen molar-refractivity contribution in [1.82, 2.24) is 15.2 Å². The Morgan fingerprint density at radius 1 is 1.24 bits per heavy atom. The maximum atomic E-state index is 12.9. The van der Waals surface area contributed by atoms with E-state index in [1.54, 1.807) is 19.4 Å². The Morgan fingerprint density at radius 2 is 2.04 bits per heavy atom. The summed E-state index contributed by atoms with van der Waals surface area (Å²) in [7, 11) is 1.60. The summed E-state index contributed by atoms with van der Waals surface area (Å²) in [5.74, 6) is 0.469. The number of anilines is 1. The molecule has 0 bridgehead atoms. The van der Waals surface area contributed by atoms with E-state index in [-0.39, 0.29) is 5.91 Å². The van der Waals surface area contributed by atoms with Crippen molar-refractivity contribution in [2.24, 2.45) is 0 Å². The molecule has 2 aromatic heterocycles. The molecule has 0 aliphatic heterocycles. The number of methoxy groups -OCH3 is 1. The number of aryl methyl sites for hydroxylation is 3. The van der Waals surface area contributed by atoms with Crippen LogP contribution in [0.5, 0.6) is 5.75 Å². The second-order valence-corrected chi connectivity index (χ2v) is 5.83. The number of para-hydroxylation sites is 1. The third kappa shape index (κ3) is 3.15. The Kier molecular flexibility index (Phi) is 4.61. The molecule has 25 heavy (non-hydrogen) atoms. The van der Waals surface area contributed by atoms with Crippen LogP contribution in [0, 0.1) is 13.8 Å². The molecular formula is C19H20N4O2. The maximum absolute atomic E-state index is 12.9. The SMILES string of the molecule is CCc1nnc(C)cc1C(=O)Nc1c(C)cnc2c(OC)cccc12. The molecule has 3 aromatic rings. The standard InChI is InChI=1S/C19H20N4O2/c1-5-15-14(9-12(3)22-23-15)19(24)21-17-11(2)10-20-18-13(17)7-6-8-16(18)25-4/h6-10H,5H2,1-4H3,(H,20,21,24). The van der Waals surface area contributed by atoms with Gasteiger partial charge >= 0.3 is 0 Å². The molecule has 0 spiro atoms. The average molecular weight is 336 g/mol. The number of amides is 1. The molecule has 0 aliphatic rings. The van der Waals surface area contributed by atoms with Gasteiger partial charge in [-0.05, 0) is 38.0 Å². The molecule has 3 rings (SSSR count). The molecule has 0 saturated heterocycles. The highest BCUT2D eigenvalue weighted by Gasteiger charge is 2.17. The fourth-order valence-electron chi connectivity index (χ4n) is 2.78. The molecule has 6 heteroatoms. The smallest absolute Gasteiger partial charge is 0.257 e. The van der Waals surface area contributed by atoms with Crippen molar-refractivity contribution in [3.05, 3.63) is 53.0 Å². The molecule has 0 unspecified atom stereocenters. The summed E-state index contributed by atoms with van der Waals surface area (Å²) in [4.78, 5) is 17.3. The zero-order chi connectivity index (χ0) is 18.0. The topological polar surface area (TPSA) is 77.0 Å². The number of nitrogens with zero attached hydrogens (tertiary/aromatic N) is 3. The number of hydrogen-bond donors (Lipinski definition) is 1. The number of aromatic nitrogens is 3. The van der Waals surface area contributed by atoms with E-state index in [1.165, 1.54) is 0 Å². The van der Waals surface area contributed by atoms with Crippen LogP contribution < -0.4 is 10.1 Å². The lowest BCUT2D eigenvalue weighted by atomic mass is 10.1. The van der Waals surface area contributed by atoms with Crippen molar-refractivity contribution >= 4 is 22.5 Å². The van der Waals surface area contributed by atoms with Crippen molar-refractivity contribution in [1.29, 1.82) is 0 Å². The molecule has 0 fully saturated rings. The molecule has 1 amide bonds. The molecule has 0 aliphatic carbocycles. The number of fused-ring (bicyclic) bond motifs is 1. The van der Waals surface area contributed by atoms with Crippen LogP contribution >= 0.6 is 0 Å². The quantitative estimate of drug-likeness (QED) is 0.789. The summed E-state index contributed by atoms with van der Waals surface area (Å²) in [6, 6.07) is 7.42. The van der Waals surface area contributed by atoms with Gasteiger partial charge in [-0.3, -0.25) is 9.78 Å². The van der Waals surface area contributed by atoms with Gasteiger partial charge in [0.15, 0.2) is 0 Å². The van der Waals surface area contributed by atoms with Gasteiger partial charge in [0.05, 0.1) is 29.7 Å². The van der Waals surface area contributed by atoms with Gasteiger partial charge in [0.1, 0.15) is 11.3 Å². The zero-order valence-corrected chi connectivity index (χ0v) is 14.8. The number of carbonyl (C=O) groups excluding carboxylic acids is 1. The van der Waals surface area contributed by atoms with Crippen LogP contribution in [0.4, 0.5) is 5.69 Å². The van der Waals surface area contributed by atoms with E-state index in [9.17, 15) is 4.79 Å². The van der Waals surface area contributed by atoms with E-state index in [2.05, 4.69) is 20.5 Å². The van der Waals surface area contributed by atoms with Crippen LogP contribution in [-0.2, 0) is 6.42 Å². The predicted molar refractivity (Wildman–Crippen MR) is 97.1 cm³/mol. The summed E-state index contributed by atoms with van der Waals surface area (Å²) in [6.07, 6.45) is 2.37. The van der Waals surface area contributed by atoms with Crippen LogP contribution in [0.1, 0.15) is 34.2 Å². The number of pyridine rings is 1. The second kappa shape index (κ2) is 6.84. The minimum Gasteiger partial charge on any atom is -0.494 e. The van der Waals surface area contributed by atoms with Gasteiger partial charge in [-0.2, -0.15) is 10.2 Å². The van der Waals surface area contributed by atoms with Crippen molar-refractivity contribution in [2.45, 2.75) is 27.2 Å². The van der Waals surface area contributed by atoms with E-state index < -0.39 is 0 Å². The lowest BCUT2D eigenvalue weighted by Gasteiger charge is -2.14.